The van der Waals surface area contributed by atoms with E-state index in [-0.39, 0.29) is 23.5 Å². The van der Waals surface area contributed by atoms with E-state index in [0.29, 0.717) is 23.0 Å². The van der Waals surface area contributed by atoms with Crippen molar-refractivity contribution >= 4 is 26.8 Å². The van der Waals surface area contributed by atoms with Gasteiger partial charge in [-0.3, -0.25) is 14.8 Å². The number of nitrogens with one attached hydrogen (secondary N) is 1. The zero-order chi connectivity index (χ0) is 14.2. The van der Waals surface area contributed by atoms with Gasteiger partial charge < -0.3 is 5.32 Å². The van der Waals surface area contributed by atoms with Crippen LogP contribution in [-0.2, 0) is 9.84 Å². The van der Waals surface area contributed by atoms with E-state index in [1.54, 1.807) is 30.6 Å². The van der Waals surface area contributed by atoms with Crippen LogP contribution in [0.1, 0.15) is 16.8 Å². The molecule has 1 aromatic heterocycles. The number of carbonyl (C=O) groups excluding carboxylic acids is 1. The van der Waals surface area contributed by atoms with Gasteiger partial charge in [0.2, 0.25) is 0 Å². The first-order valence-electron chi connectivity index (χ1n) is 6.25. The monoisotopic (exact) mass is 291 g/mol. The maximum atomic E-state index is 12.1. The summed E-state index contributed by atoms with van der Waals surface area (Å²) in [5.74, 6) is -0.118. The molecule has 1 aliphatic rings. The molecule has 0 bridgehead atoms. The first-order valence-corrected chi connectivity index (χ1v) is 8.08. The van der Waals surface area contributed by atoms with Crippen LogP contribution in [0, 0.1) is 0 Å². The van der Waals surface area contributed by atoms with E-state index in [4.69, 9.17) is 0 Å². The van der Waals surface area contributed by atoms with Gasteiger partial charge in [0.05, 0.1) is 22.5 Å². The third kappa shape index (κ3) is 2.62. The van der Waals surface area contributed by atoms with Gasteiger partial charge in [-0.25, -0.2) is 8.42 Å². The fraction of sp³-hybridized carbons (Fsp3) is 0.308. The molecule has 1 N–H and O–H groups in total. The molecule has 2 aromatic rings. The molecular weight excluding hydrogens is 278 g/mol. The summed E-state index contributed by atoms with van der Waals surface area (Å²) in [6.07, 6.45) is 3.63. The summed E-state index contributed by atoms with van der Waals surface area (Å²) in [5.41, 5.74) is 1.81. The van der Waals surface area contributed by atoms with Crippen LogP contribution in [-0.4, -0.2) is 41.8 Å². The first kappa shape index (κ1) is 13.0. The van der Waals surface area contributed by atoms with Crippen LogP contribution in [0.15, 0.2) is 30.6 Å². The van der Waals surface area contributed by atoms with Crippen LogP contribution < -0.4 is 5.32 Å². The van der Waals surface area contributed by atoms with Crippen molar-refractivity contribution in [2.45, 2.75) is 12.5 Å². The van der Waals surface area contributed by atoms with E-state index < -0.39 is 9.84 Å². The smallest absolute Gasteiger partial charge is 0.251 e. The highest BCUT2D eigenvalue weighted by Crippen LogP contribution is 2.14. The average Bonchev–Trinajstić information content (AvgIpc) is 2.77. The van der Waals surface area contributed by atoms with E-state index in [2.05, 4.69) is 15.3 Å². The van der Waals surface area contributed by atoms with Crippen LogP contribution in [0.3, 0.4) is 0 Å². The lowest BCUT2D eigenvalue weighted by atomic mass is 10.1. The van der Waals surface area contributed by atoms with Crippen molar-refractivity contribution in [3.8, 4) is 0 Å². The molecule has 1 fully saturated rings. The third-order valence-corrected chi connectivity index (χ3v) is 5.07. The lowest BCUT2D eigenvalue weighted by Crippen LogP contribution is -2.35. The van der Waals surface area contributed by atoms with Crippen molar-refractivity contribution in [2.75, 3.05) is 11.5 Å². The minimum atomic E-state index is -3.00. The number of carbonyl (C=O) groups is 1. The molecule has 1 aliphatic heterocycles. The van der Waals surface area contributed by atoms with Gasteiger partial charge in [-0.1, -0.05) is 0 Å². The van der Waals surface area contributed by atoms with Crippen LogP contribution in [0.25, 0.3) is 11.0 Å². The summed E-state index contributed by atoms with van der Waals surface area (Å²) in [5, 5.41) is 2.75. The predicted molar refractivity (Wildman–Crippen MR) is 74.1 cm³/mol. The van der Waals surface area contributed by atoms with Gasteiger partial charge in [0.25, 0.3) is 5.91 Å². The fourth-order valence-corrected chi connectivity index (χ4v) is 3.96. The molecule has 0 saturated carbocycles. The molecule has 1 amide bonds. The summed E-state index contributed by atoms with van der Waals surface area (Å²) >= 11 is 0. The van der Waals surface area contributed by atoms with E-state index >= 15 is 0 Å². The number of benzene rings is 1. The van der Waals surface area contributed by atoms with Crippen molar-refractivity contribution in [1.29, 1.82) is 0 Å². The van der Waals surface area contributed by atoms with E-state index in [9.17, 15) is 13.2 Å². The number of fused-ring (bicyclic) bond motifs is 1. The minimum absolute atomic E-state index is 0.0200. The zero-order valence-electron chi connectivity index (χ0n) is 10.6. The van der Waals surface area contributed by atoms with Gasteiger partial charge in [0.1, 0.15) is 0 Å². The molecule has 1 saturated heterocycles. The highest BCUT2D eigenvalue weighted by atomic mass is 32.2. The van der Waals surface area contributed by atoms with Crippen LogP contribution >= 0.6 is 0 Å². The molecule has 2 heterocycles. The van der Waals surface area contributed by atoms with Crippen molar-refractivity contribution in [1.82, 2.24) is 15.3 Å². The van der Waals surface area contributed by atoms with Gasteiger partial charge in [-0.05, 0) is 24.6 Å². The first-order chi connectivity index (χ1) is 9.53. The normalized spacial score (nSPS) is 20.9. The number of aromatic nitrogens is 2. The molecule has 1 atom stereocenters. The Morgan fingerprint density at radius 3 is 2.65 bits per heavy atom. The molecule has 3 rings (SSSR count). The molecule has 0 spiro atoms. The second kappa shape index (κ2) is 4.82. The SMILES string of the molecule is O=C(N[C@H]1CCS(=O)(=O)C1)c1ccc2nccnc2c1. The van der Waals surface area contributed by atoms with Crippen LogP contribution in [0.2, 0.25) is 0 Å². The molecule has 0 unspecified atom stereocenters. The standard InChI is InChI=1S/C13H13N3O3S/c17-13(16-10-3-6-20(18,19)8-10)9-1-2-11-12(7-9)15-5-4-14-11/h1-2,4-5,7,10H,3,6,8H2,(H,16,17)/t10-/m0/s1. The van der Waals surface area contributed by atoms with Crippen molar-refractivity contribution in [3.63, 3.8) is 0 Å². The van der Waals surface area contributed by atoms with E-state index in [0.717, 1.165) is 0 Å². The molecule has 6 nitrogen and oxygen atoms in total. The van der Waals surface area contributed by atoms with Crippen molar-refractivity contribution < 1.29 is 13.2 Å². The highest BCUT2D eigenvalue weighted by molar-refractivity contribution is 7.91. The lowest BCUT2D eigenvalue weighted by molar-refractivity contribution is 0.0941. The summed E-state index contributed by atoms with van der Waals surface area (Å²) in [6.45, 7) is 0. The number of sulfone groups is 1. The Hall–Kier alpha value is -2.02. The molecule has 0 aliphatic carbocycles. The molecule has 7 heteroatoms. The van der Waals surface area contributed by atoms with Crippen molar-refractivity contribution in [3.05, 3.63) is 36.2 Å². The molecular formula is C13H13N3O3S. The Morgan fingerprint density at radius 1 is 1.20 bits per heavy atom. The third-order valence-electron chi connectivity index (χ3n) is 3.30. The summed E-state index contributed by atoms with van der Waals surface area (Å²) in [6, 6.07) is 4.74. The van der Waals surface area contributed by atoms with Gasteiger partial charge in [0.15, 0.2) is 9.84 Å². The Morgan fingerprint density at radius 2 is 1.95 bits per heavy atom. The second-order valence-electron chi connectivity index (χ2n) is 4.83. The van der Waals surface area contributed by atoms with Crippen molar-refractivity contribution in [2.24, 2.45) is 0 Å². The van der Waals surface area contributed by atoms with Gasteiger partial charge >= 0.3 is 0 Å². The van der Waals surface area contributed by atoms with Gasteiger partial charge in [0, 0.05) is 24.0 Å². The summed E-state index contributed by atoms with van der Waals surface area (Å²) in [4.78, 5) is 20.4. The number of nitrogens with zero attached hydrogens (tertiary/aromatic N) is 2. The fourth-order valence-electron chi connectivity index (χ4n) is 2.28. The van der Waals surface area contributed by atoms with Crippen LogP contribution in [0.4, 0.5) is 0 Å². The Labute approximate surface area is 116 Å². The number of amides is 1. The largest absolute Gasteiger partial charge is 0.348 e. The minimum Gasteiger partial charge on any atom is -0.348 e. The maximum absolute atomic E-state index is 12.1. The van der Waals surface area contributed by atoms with Gasteiger partial charge in [-0.2, -0.15) is 0 Å². The summed E-state index contributed by atoms with van der Waals surface area (Å²) in [7, 11) is -3.00. The lowest BCUT2D eigenvalue weighted by Gasteiger charge is -2.10. The number of hydrogen-bond acceptors (Lipinski definition) is 5. The van der Waals surface area contributed by atoms with E-state index in [1.807, 2.05) is 0 Å². The predicted octanol–water partition coefficient (Wildman–Crippen LogP) is 0.547. The Balaban J connectivity index is 1.79. The Bertz CT molecular complexity index is 773. The molecule has 0 radical (unpaired) electrons. The van der Waals surface area contributed by atoms with E-state index in [1.165, 1.54) is 0 Å². The summed E-state index contributed by atoms with van der Waals surface area (Å²) < 4.78 is 22.7. The second-order valence-corrected chi connectivity index (χ2v) is 7.06. The maximum Gasteiger partial charge on any atom is 0.251 e. The number of rotatable bonds is 2. The quantitative estimate of drug-likeness (QED) is 0.872. The highest BCUT2D eigenvalue weighted by Gasteiger charge is 2.29. The average molecular weight is 291 g/mol. The number of hydrogen-bond donors (Lipinski definition) is 1. The Kier molecular flexibility index (Phi) is 3.13. The van der Waals surface area contributed by atoms with Crippen LogP contribution in [0.5, 0.6) is 0 Å². The topological polar surface area (TPSA) is 89.0 Å². The van der Waals surface area contributed by atoms with Gasteiger partial charge in [-0.15, -0.1) is 0 Å². The molecule has 20 heavy (non-hydrogen) atoms. The molecule has 104 valence electrons. The zero-order valence-corrected chi connectivity index (χ0v) is 11.4. The molecule has 1 aromatic carbocycles.